The zero-order chi connectivity index (χ0) is 18.6. The topological polar surface area (TPSA) is 96.9 Å². The zero-order valence-electron chi connectivity index (χ0n) is 15.6. The van der Waals surface area contributed by atoms with Gasteiger partial charge in [-0.15, -0.1) is 17.5 Å². The van der Waals surface area contributed by atoms with Crippen LogP contribution >= 0.6 is 12.4 Å². The lowest BCUT2D eigenvalue weighted by Crippen LogP contribution is -2.29. The maximum Gasteiger partial charge on any atom is 0.434 e. The van der Waals surface area contributed by atoms with Crippen molar-refractivity contribution < 1.29 is 4.42 Å². The highest BCUT2D eigenvalue weighted by Gasteiger charge is 2.19. The minimum Gasteiger partial charge on any atom is -0.388 e. The van der Waals surface area contributed by atoms with E-state index in [0.717, 1.165) is 54.6 Å². The third-order valence-electron chi connectivity index (χ3n) is 5.26. The number of hydrogen-bond donors (Lipinski definition) is 3. The SMILES string of the molecule is Cl.NC1CCC(CNc2cc(-c3n[nH]c(=O)o3)ccc2-c2ccccc2)CC1. The van der Waals surface area contributed by atoms with Crippen molar-refractivity contribution in [3.8, 4) is 22.6 Å². The molecule has 2 aromatic carbocycles. The molecule has 6 nitrogen and oxygen atoms in total. The lowest BCUT2D eigenvalue weighted by Gasteiger charge is -2.27. The van der Waals surface area contributed by atoms with Crippen LogP contribution in [0.1, 0.15) is 25.7 Å². The van der Waals surface area contributed by atoms with E-state index < -0.39 is 5.76 Å². The molecule has 4 rings (SSSR count). The molecule has 0 radical (unpaired) electrons. The predicted molar refractivity (Wildman–Crippen MR) is 114 cm³/mol. The number of nitrogens with zero attached hydrogens (tertiary/aromatic N) is 1. The molecule has 7 heteroatoms. The Kier molecular flexibility index (Phi) is 6.54. The molecule has 0 saturated heterocycles. The molecule has 28 heavy (non-hydrogen) atoms. The number of anilines is 1. The van der Waals surface area contributed by atoms with E-state index in [0.29, 0.717) is 17.9 Å². The third-order valence-corrected chi connectivity index (χ3v) is 5.26. The molecule has 1 saturated carbocycles. The van der Waals surface area contributed by atoms with Crippen LogP contribution in [-0.2, 0) is 0 Å². The van der Waals surface area contributed by atoms with Crippen LogP contribution in [0.2, 0.25) is 0 Å². The summed E-state index contributed by atoms with van der Waals surface area (Å²) in [6.07, 6.45) is 4.50. The quantitative estimate of drug-likeness (QED) is 0.600. The van der Waals surface area contributed by atoms with Gasteiger partial charge in [0.25, 0.3) is 0 Å². The van der Waals surface area contributed by atoms with E-state index in [1.807, 2.05) is 36.4 Å². The first-order valence-corrected chi connectivity index (χ1v) is 9.44. The minimum absolute atomic E-state index is 0. The standard InChI is InChI=1S/C21H24N4O2.ClH/c22-17-9-6-14(7-10-17)13-23-19-12-16(20-24-25-21(26)27-20)8-11-18(19)15-4-2-1-3-5-15;/h1-5,8,11-12,14,17,23H,6-7,9-10,13,22H2,(H,25,26);1H. The van der Waals surface area contributed by atoms with E-state index >= 15 is 0 Å². The van der Waals surface area contributed by atoms with Crippen molar-refractivity contribution in [2.24, 2.45) is 11.7 Å². The monoisotopic (exact) mass is 400 g/mol. The molecule has 1 fully saturated rings. The van der Waals surface area contributed by atoms with E-state index in [2.05, 4.69) is 27.6 Å². The fourth-order valence-electron chi connectivity index (χ4n) is 3.69. The molecule has 1 aliphatic rings. The van der Waals surface area contributed by atoms with Gasteiger partial charge in [0.1, 0.15) is 0 Å². The summed E-state index contributed by atoms with van der Waals surface area (Å²) in [6.45, 7) is 0.903. The number of halogens is 1. The average Bonchev–Trinajstić information content (AvgIpc) is 3.14. The van der Waals surface area contributed by atoms with Crippen LogP contribution in [-0.4, -0.2) is 22.8 Å². The summed E-state index contributed by atoms with van der Waals surface area (Å²) in [4.78, 5) is 11.3. The molecular formula is C21H25ClN4O2. The predicted octanol–water partition coefficient (Wildman–Crippen LogP) is 4.05. The second-order valence-electron chi connectivity index (χ2n) is 7.21. The average molecular weight is 401 g/mol. The molecule has 148 valence electrons. The number of benzene rings is 2. The van der Waals surface area contributed by atoms with Gasteiger partial charge in [0.15, 0.2) is 0 Å². The smallest absolute Gasteiger partial charge is 0.388 e. The molecule has 1 aromatic heterocycles. The van der Waals surface area contributed by atoms with Crippen LogP contribution in [0.15, 0.2) is 57.7 Å². The van der Waals surface area contributed by atoms with Crippen LogP contribution in [0.25, 0.3) is 22.6 Å². The number of H-pyrrole nitrogens is 1. The summed E-state index contributed by atoms with van der Waals surface area (Å²) in [6, 6.07) is 16.6. The lowest BCUT2D eigenvalue weighted by molar-refractivity contribution is 0.339. The van der Waals surface area contributed by atoms with Crippen molar-refractivity contribution in [3.05, 3.63) is 59.1 Å². The van der Waals surface area contributed by atoms with Crippen LogP contribution in [0.3, 0.4) is 0 Å². The minimum atomic E-state index is -0.551. The number of aromatic nitrogens is 2. The summed E-state index contributed by atoms with van der Waals surface area (Å²) in [5.41, 5.74) is 10.1. The van der Waals surface area contributed by atoms with Crippen molar-refractivity contribution in [1.82, 2.24) is 10.2 Å². The molecule has 0 aliphatic heterocycles. The van der Waals surface area contributed by atoms with Gasteiger partial charge in [-0.25, -0.2) is 9.89 Å². The number of nitrogens with two attached hydrogens (primary N) is 1. The van der Waals surface area contributed by atoms with Gasteiger partial charge in [-0.05, 0) is 49.3 Å². The highest BCUT2D eigenvalue weighted by molar-refractivity contribution is 5.85. The second kappa shape index (κ2) is 9.08. The molecule has 0 spiro atoms. The Balaban J connectivity index is 0.00000225. The molecule has 0 amide bonds. The van der Waals surface area contributed by atoms with Gasteiger partial charge in [0, 0.05) is 29.4 Å². The number of hydrogen-bond acceptors (Lipinski definition) is 5. The van der Waals surface area contributed by atoms with Crippen LogP contribution in [0, 0.1) is 5.92 Å². The van der Waals surface area contributed by atoms with Crippen molar-refractivity contribution in [2.45, 2.75) is 31.7 Å². The largest absolute Gasteiger partial charge is 0.434 e. The molecule has 4 N–H and O–H groups in total. The molecule has 1 heterocycles. The Morgan fingerprint density at radius 1 is 1.07 bits per heavy atom. The Morgan fingerprint density at radius 2 is 1.82 bits per heavy atom. The molecule has 0 unspecified atom stereocenters. The van der Waals surface area contributed by atoms with E-state index in [4.69, 9.17) is 10.2 Å². The normalized spacial score (nSPS) is 19.0. The second-order valence-corrected chi connectivity index (χ2v) is 7.21. The third kappa shape index (κ3) is 4.64. The summed E-state index contributed by atoms with van der Waals surface area (Å²) < 4.78 is 5.11. The van der Waals surface area contributed by atoms with Gasteiger partial charge in [-0.2, -0.15) is 0 Å². The van der Waals surface area contributed by atoms with Crippen LogP contribution in [0.4, 0.5) is 5.69 Å². The molecule has 0 bridgehead atoms. The Hall–Kier alpha value is -2.57. The summed E-state index contributed by atoms with van der Waals surface area (Å²) in [5, 5.41) is 9.87. The summed E-state index contributed by atoms with van der Waals surface area (Å²) >= 11 is 0. The van der Waals surface area contributed by atoms with Gasteiger partial charge in [-0.3, -0.25) is 0 Å². The van der Waals surface area contributed by atoms with Crippen molar-refractivity contribution in [3.63, 3.8) is 0 Å². The fraction of sp³-hybridized carbons (Fsp3) is 0.333. The summed E-state index contributed by atoms with van der Waals surface area (Å²) in [5.74, 6) is 0.372. The first kappa shape index (κ1) is 20.2. The van der Waals surface area contributed by atoms with E-state index in [9.17, 15) is 4.79 Å². The highest BCUT2D eigenvalue weighted by Crippen LogP contribution is 2.33. The van der Waals surface area contributed by atoms with Crippen LogP contribution in [0.5, 0.6) is 0 Å². The number of aromatic amines is 1. The van der Waals surface area contributed by atoms with E-state index in [1.165, 1.54) is 0 Å². The van der Waals surface area contributed by atoms with Crippen molar-refractivity contribution in [2.75, 3.05) is 11.9 Å². The molecular weight excluding hydrogens is 376 g/mol. The van der Waals surface area contributed by atoms with Crippen molar-refractivity contribution >= 4 is 18.1 Å². The van der Waals surface area contributed by atoms with Gasteiger partial charge in [-0.1, -0.05) is 36.4 Å². The Bertz CT molecular complexity index is 946. The lowest BCUT2D eigenvalue weighted by atomic mass is 9.86. The van der Waals surface area contributed by atoms with Crippen molar-refractivity contribution in [1.29, 1.82) is 0 Å². The Morgan fingerprint density at radius 3 is 2.50 bits per heavy atom. The van der Waals surface area contributed by atoms with E-state index in [-0.39, 0.29) is 12.4 Å². The fourth-order valence-corrected chi connectivity index (χ4v) is 3.69. The molecule has 1 aliphatic carbocycles. The Labute approximate surface area is 170 Å². The first-order valence-electron chi connectivity index (χ1n) is 9.44. The number of rotatable bonds is 5. The van der Waals surface area contributed by atoms with Gasteiger partial charge < -0.3 is 15.5 Å². The highest BCUT2D eigenvalue weighted by atomic mass is 35.5. The zero-order valence-corrected chi connectivity index (χ0v) is 16.4. The van der Waals surface area contributed by atoms with E-state index in [1.54, 1.807) is 0 Å². The van der Waals surface area contributed by atoms with Crippen LogP contribution < -0.4 is 16.8 Å². The maximum absolute atomic E-state index is 11.3. The van der Waals surface area contributed by atoms with Gasteiger partial charge in [0.05, 0.1) is 0 Å². The van der Waals surface area contributed by atoms with Gasteiger partial charge in [0.2, 0.25) is 5.89 Å². The van der Waals surface area contributed by atoms with Gasteiger partial charge >= 0.3 is 5.76 Å². The summed E-state index contributed by atoms with van der Waals surface area (Å²) in [7, 11) is 0. The first-order chi connectivity index (χ1) is 13.2. The molecule has 3 aromatic rings. The maximum atomic E-state index is 11.3. The number of nitrogens with one attached hydrogen (secondary N) is 2. The molecule has 0 atom stereocenters.